The highest BCUT2D eigenvalue weighted by molar-refractivity contribution is 6.30. The molecule has 5 nitrogen and oxygen atoms in total. The van der Waals surface area contributed by atoms with Crippen LogP contribution in [-0.2, 0) is 19.1 Å². The second-order valence-corrected chi connectivity index (χ2v) is 5.40. The van der Waals surface area contributed by atoms with Crippen molar-refractivity contribution in [2.24, 2.45) is 0 Å². The molecule has 6 heteroatoms. The van der Waals surface area contributed by atoms with Crippen LogP contribution in [0.25, 0.3) is 0 Å². The molecule has 0 fully saturated rings. The highest BCUT2D eigenvalue weighted by Crippen LogP contribution is 2.33. The van der Waals surface area contributed by atoms with Gasteiger partial charge in [0.1, 0.15) is 0 Å². The molecule has 1 aliphatic heterocycles. The van der Waals surface area contributed by atoms with Gasteiger partial charge >= 0.3 is 5.97 Å². The summed E-state index contributed by atoms with van der Waals surface area (Å²) in [5.74, 6) is -0.810. The number of hydrogen-bond acceptors (Lipinski definition) is 4. The number of esters is 1. The molecule has 118 valence electrons. The van der Waals surface area contributed by atoms with E-state index >= 15 is 0 Å². The molecule has 0 saturated carbocycles. The Kier molecular flexibility index (Phi) is 5.57. The molecule has 1 unspecified atom stereocenters. The number of carbonyl (C=O) groups is 2. The van der Waals surface area contributed by atoms with Crippen molar-refractivity contribution in [1.82, 2.24) is 4.90 Å². The van der Waals surface area contributed by atoms with Crippen molar-refractivity contribution >= 4 is 23.5 Å². The Morgan fingerprint density at radius 1 is 1.32 bits per heavy atom. The van der Waals surface area contributed by atoms with Crippen LogP contribution in [0.2, 0.25) is 5.02 Å². The predicted molar refractivity (Wildman–Crippen MR) is 82.5 cm³/mol. The predicted octanol–water partition coefficient (Wildman–Crippen LogP) is 2.36. The molecule has 2 rings (SSSR count). The summed E-state index contributed by atoms with van der Waals surface area (Å²) in [7, 11) is 2.90. The maximum Gasteiger partial charge on any atom is 0.335 e. The van der Waals surface area contributed by atoms with E-state index in [1.807, 2.05) is 12.1 Å². The Balaban J connectivity index is 2.34. The number of amides is 1. The molecular formula is C16H18ClNO4. The fourth-order valence-corrected chi connectivity index (χ4v) is 2.54. The lowest BCUT2D eigenvalue weighted by Gasteiger charge is -2.30. The molecule has 1 aromatic carbocycles. The van der Waals surface area contributed by atoms with Crippen LogP contribution >= 0.6 is 11.6 Å². The highest BCUT2D eigenvalue weighted by atomic mass is 35.5. The summed E-state index contributed by atoms with van der Waals surface area (Å²) < 4.78 is 9.84. The third-order valence-electron chi connectivity index (χ3n) is 3.60. The Morgan fingerprint density at radius 2 is 2.00 bits per heavy atom. The van der Waals surface area contributed by atoms with Gasteiger partial charge in [0, 0.05) is 37.2 Å². The number of ether oxygens (including phenoxy) is 2. The molecule has 0 spiro atoms. The molecule has 0 aliphatic carbocycles. The lowest BCUT2D eigenvalue weighted by Crippen LogP contribution is -2.36. The monoisotopic (exact) mass is 323 g/mol. The van der Waals surface area contributed by atoms with Gasteiger partial charge in [-0.25, -0.2) is 4.79 Å². The summed E-state index contributed by atoms with van der Waals surface area (Å²) >= 11 is 5.89. The van der Waals surface area contributed by atoms with Gasteiger partial charge in [-0.3, -0.25) is 4.79 Å². The molecule has 1 aromatic rings. The lowest BCUT2D eigenvalue weighted by atomic mass is 9.86. The molecule has 1 heterocycles. The Labute approximate surface area is 134 Å². The smallest absolute Gasteiger partial charge is 0.335 e. The molecule has 0 bridgehead atoms. The zero-order valence-electron chi connectivity index (χ0n) is 12.5. The topological polar surface area (TPSA) is 55.8 Å². The lowest BCUT2D eigenvalue weighted by molar-refractivity contribution is -0.137. The zero-order chi connectivity index (χ0) is 16.1. The van der Waals surface area contributed by atoms with Gasteiger partial charge in [0.15, 0.2) is 0 Å². The third-order valence-corrected chi connectivity index (χ3v) is 3.85. The zero-order valence-corrected chi connectivity index (χ0v) is 13.3. The average Bonchev–Trinajstić information content (AvgIpc) is 2.53. The summed E-state index contributed by atoms with van der Waals surface area (Å²) in [6.07, 6.45) is 1.78. The SMILES string of the molecule is COCCN1C=C(C(=O)OC)C(c2ccc(Cl)cc2)CC1=O. The number of nitrogens with zero attached hydrogens (tertiary/aromatic N) is 1. The number of rotatable bonds is 5. The van der Waals surface area contributed by atoms with Crippen molar-refractivity contribution in [3.8, 4) is 0 Å². The standard InChI is InChI=1S/C16H18ClNO4/c1-21-8-7-18-10-14(16(20)22-2)13(9-15(18)19)11-3-5-12(17)6-4-11/h3-6,10,13H,7-9H2,1-2H3. The average molecular weight is 324 g/mol. The van der Waals surface area contributed by atoms with Crippen molar-refractivity contribution in [1.29, 1.82) is 0 Å². The second kappa shape index (κ2) is 7.42. The number of methoxy groups -OCH3 is 2. The molecular weight excluding hydrogens is 306 g/mol. The van der Waals surface area contributed by atoms with Crippen LogP contribution < -0.4 is 0 Å². The summed E-state index contributed by atoms with van der Waals surface area (Å²) in [6, 6.07) is 7.13. The van der Waals surface area contributed by atoms with Gasteiger partial charge in [-0.1, -0.05) is 23.7 Å². The van der Waals surface area contributed by atoms with Crippen LogP contribution in [0.4, 0.5) is 0 Å². The molecule has 1 amide bonds. The van der Waals surface area contributed by atoms with Crippen molar-refractivity contribution in [3.05, 3.63) is 46.6 Å². The maximum absolute atomic E-state index is 12.3. The van der Waals surface area contributed by atoms with Crippen LogP contribution in [0.3, 0.4) is 0 Å². The molecule has 22 heavy (non-hydrogen) atoms. The first-order chi connectivity index (χ1) is 10.6. The quantitative estimate of drug-likeness (QED) is 0.781. The van der Waals surface area contributed by atoms with E-state index in [0.29, 0.717) is 23.7 Å². The highest BCUT2D eigenvalue weighted by Gasteiger charge is 2.32. The number of hydrogen-bond donors (Lipinski definition) is 0. The van der Waals surface area contributed by atoms with Gasteiger partial charge in [0.2, 0.25) is 5.91 Å². The van der Waals surface area contributed by atoms with E-state index in [4.69, 9.17) is 21.1 Å². The fraction of sp³-hybridized carbons (Fsp3) is 0.375. The third kappa shape index (κ3) is 3.67. The van der Waals surface area contributed by atoms with Gasteiger partial charge in [-0.15, -0.1) is 0 Å². The van der Waals surface area contributed by atoms with Gasteiger partial charge in [-0.05, 0) is 17.7 Å². The minimum absolute atomic E-state index is 0.0512. The van der Waals surface area contributed by atoms with E-state index in [9.17, 15) is 9.59 Å². The van der Waals surface area contributed by atoms with Gasteiger partial charge < -0.3 is 14.4 Å². The van der Waals surface area contributed by atoms with Crippen LogP contribution in [0.1, 0.15) is 17.9 Å². The fourth-order valence-electron chi connectivity index (χ4n) is 2.42. The maximum atomic E-state index is 12.3. The Morgan fingerprint density at radius 3 is 2.59 bits per heavy atom. The van der Waals surface area contributed by atoms with Gasteiger partial charge in [-0.2, -0.15) is 0 Å². The van der Waals surface area contributed by atoms with Crippen LogP contribution in [0, 0.1) is 0 Å². The second-order valence-electron chi connectivity index (χ2n) is 4.96. The summed E-state index contributed by atoms with van der Waals surface area (Å²) in [4.78, 5) is 25.8. The van der Waals surface area contributed by atoms with Crippen LogP contribution in [0.5, 0.6) is 0 Å². The van der Waals surface area contributed by atoms with Crippen molar-refractivity contribution in [3.63, 3.8) is 0 Å². The molecule has 0 N–H and O–H groups in total. The largest absolute Gasteiger partial charge is 0.466 e. The normalized spacial score (nSPS) is 18.1. The van der Waals surface area contributed by atoms with E-state index < -0.39 is 5.97 Å². The molecule has 1 aliphatic rings. The summed E-state index contributed by atoms with van der Waals surface area (Å²) in [6.45, 7) is 0.811. The number of halogens is 1. The summed E-state index contributed by atoms with van der Waals surface area (Å²) in [5, 5.41) is 0.608. The molecule has 0 aromatic heterocycles. The van der Waals surface area contributed by atoms with Crippen molar-refractivity contribution < 1.29 is 19.1 Å². The van der Waals surface area contributed by atoms with Gasteiger partial charge in [0.25, 0.3) is 0 Å². The van der Waals surface area contributed by atoms with Crippen LogP contribution in [-0.4, -0.2) is 44.1 Å². The van der Waals surface area contributed by atoms with E-state index in [1.54, 1.807) is 25.4 Å². The first-order valence-corrected chi connectivity index (χ1v) is 7.28. The van der Waals surface area contributed by atoms with Crippen molar-refractivity contribution in [2.45, 2.75) is 12.3 Å². The van der Waals surface area contributed by atoms with Crippen LogP contribution in [0.15, 0.2) is 36.0 Å². The minimum atomic E-state index is -0.435. The van der Waals surface area contributed by atoms with E-state index in [2.05, 4.69) is 0 Å². The first-order valence-electron chi connectivity index (χ1n) is 6.90. The van der Waals surface area contributed by atoms with E-state index in [1.165, 1.54) is 12.0 Å². The Bertz CT molecular complexity index is 582. The van der Waals surface area contributed by atoms with Gasteiger partial charge in [0.05, 0.1) is 19.3 Å². The molecule has 0 radical (unpaired) electrons. The van der Waals surface area contributed by atoms with E-state index in [0.717, 1.165) is 5.56 Å². The van der Waals surface area contributed by atoms with E-state index in [-0.39, 0.29) is 18.2 Å². The summed E-state index contributed by atoms with van der Waals surface area (Å²) in [5.41, 5.74) is 1.32. The minimum Gasteiger partial charge on any atom is -0.466 e. The number of carbonyl (C=O) groups excluding carboxylic acids is 2. The van der Waals surface area contributed by atoms with Crippen molar-refractivity contribution in [2.75, 3.05) is 27.4 Å². The molecule has 0 saturated heterocycles. The Hall–Kier alpha value is -1.85. The molecule has 1 atom stereocenters. The number of benzene rings is 1. The first kappa shape index (κ1) is 16.5.